The molecule has 3 heterocycles. The van der Waals surface area contributed by atoms with Crippen LogP contribution in [0, 0.1) is 56.7 Å². The van der Waals surface area contributed by atoms with E-state index in [9.17, 15) is 26.3 Å². The molecule has 1 aliphatic rings. The van der Waals surface area contributed by atoms with E-state index in [2.05, 4.69) is 34.9 Å². The molecule has 14 aromatic rings. The summed E-state index contributed by atoms with van der Waals surface area (Å²) in [6.45, 7) is 0. The van der Waals surface area contributed by atoms with Crippen molar-refractivity contribution >= 4 is 61.1 Å². The van der Waals surface area contributed by atoms with E-state index in [1.165, 1.54) is 4.90 Å². The van der Waals surface area contributed by atoms with Gasteiger partial charge in [0.25, 0.3) is 11.8 Å². The number of amides is 2. The molecule has 0 unspecified atom stereocenters. The van der Waals surface area contributed by atoms with Crippen LogP contribution in [-0.4, -0.2) is 20.9 Å². The molecule has 15 rings (SSSR count). The first-order chi connectivity index (χ1) is 43.8. The molecule has 2 amide bonds. The lowest BCUT2D eigenvalue weighted by molar-refractivity contribution is 0.0926. The van der Waals surface area contributed by atoms with Crippen LogP contribution >= 0.6 is 0 Å². The lowest BCUT2D eigenvalue weighted by Crippen LogP contribution is -2.30. The van der Waals surface area contributed by atoms with Crippen LogP contribution < -0.4 is 4.90 Å². The predicted octanol–water partition coefficient (Wildman–Crippen LogP) is 18.0. The molecule has 0 aliphatic carbocycles. The standard InChI is InChI=1S/C79H42N8O2/c80-43-53-17-4-8-21-58(53)49-29-33-63-64-34-30-50(59-22-9-5-18-54(59)44-81)38-73(64)85(72(63)37-49)71-42-69(67-26-14-27-68-77(67)79(89)87(78(68)88)70-28-13-12-25-62(70)48-15-2-1-3-16-48)76(41-57(71)47-84)86-74-39-51(60-23-10-6-19-55(60)45-82)31-35-65(74)66-36-32-52(40-75(66)86)61-24-11-7-20-56(61)46-83/h1-42H. The van der Waals surface area contributed by atoms with Gasteiger partial charge in [0, 0.05) is 32.7 Å². The molecule has 410 valence electrons. The van der Waals surface area contributed by atoms with E-state index in [4.69, 9.17) is 0 Å². The molecule has 0 radical (unpaired) electrons. The molecular weight excluding hydrogens is 1090 g/mol. The van der Waals surface area contributed by atoms with Crippen molar-refractivity contribution in [3.8, 4) is 108 Å². The van der Waals surface area contributed by atoms with Gasteiger partial charge < -0.3 is 9.13 Å². The number of carbonyl (C=O) groups is 2. The van der Waals surface area contributed by atoms with Gasteiger partial charge in [0.15, 0.2) is 0 Å². The number of aromatic nitrogens is 2. The summed E-state index contributed by atoms with van der Waals surface area (Å²) in [7, 11) is 0. The van der Waals surface area contributed by atoms with Gasteiger partial charge in [-0.2, -0.15) is 26.3 Å². The van der Waals surface area contributed by atoms with E-state index in [1.54, 1.807) is 42.5 Å². The Morgan fingerprint density at radius 3 is 1.03 bits per heavy atom. The maximum atomic E-state index is 15.9. The highest BCUT2D eigenvalue weighted by molar-refractivity contribution is 6.37. The monoisotopic (exact) mass is 1130 g/mol. The summed E-state index contributed by atoms with van der Waals surface area (Å²) in [6.07, 6.45) is 0. The summed E-state index contributed by atoms with van der Waals surface area (Å²) in [5.74, 6) is -1.03. The van der Waals surface area contributed by atoms with E-state index < -0.39 is 11.8 Å². The first-order valence-electron chi connectivity index (χ1n) is 28.7. The minimum Gasteiger partial charge on any atom is -0.309 e. The van der Waals surface area contributed by atoms with Gasteiger partial charge in [-0.15, -0.1) is 0 Å². The number of fused-ring (bicyclic) bond motifs is 7. The van der Waals surface area contributed by atoms with Gasteiger partial charge in [-0.1, -0.05) is 182 Å². The fourth-order valence-corrected chi connectivity index (χ4v) is 13.1. The highest BCUT2D eigenvalue weighted by atomic mass is 16.2. The van der Waals surface area contributed by atoms with Crippen LogP contribution in [0.1, 0.15) is 48.5 Å². The number of para-hydroxylation sites is 1. The number of nitrogens with zero attached hydrogens (tertiary/aromatic N) is 8. The topological polar surface area (TPSA) is 166 Å². The van der Waals surface area contributed by atoms with Crippen LogP contribution in [-0.2, 0) is 0 Å². The molecule has 0 bridgehead atoms. The van der Waals surface area contributed by atoms with Crippen LogP contribution in [0.2, 0.25) is 0 Å². The second kappa shape index (κ2) is 21.2. The van der Waals surface area contributed by atoms with E-state index >= 15 is 9.59 Å². The average Bonchev–Trinajstić information content (AvgIpc) is 2.47. The Labute approximate surface area is 510 Å². The molecule has 2 aromatic heterocycles. The van der Waals surface area contributed by atoms with Crippen molar-refractivity contribution in [3.63, 3.8) is 0 Å². The minimum absolute atomic E-state index is 0.165. The molecule has 12 aromatic carbocycles. The summed E-state index contributed by atoms with van der Waals surface area (Å²) in [6, 6.07) is 92.1. The number of imide groups is 1. The smallest absolute Gasteiger partial charge is 0.266 e. The number of nitriles is 5. The van der Waals surface area contributed by atoms with Crippen molar-refractivity contribution in [3.05, 3.63) is 294 Å². The molecule has 1 aliphatic heterocycles. The highest BCUT2D eigenvalue weighted by Gasteiger charge is 2.40. The Morgan fingerprint density at radius 2 is 0.607 bits per heavy atom. The SMILES string of the molecule is N#Cc1ccccc1-c1ccc2c3ccc(-c4ccccc4C#N)cc3n(-c3cc(-c4cccc5c4C(=O)N(c4ccccc4-c4ccccc4)C5=O)c(-n4c5cc(-c6ccccc6C#N)ccc5c5ccc(-c6ccccc6C#N)cc54)cc3C#N)c2c1. The largest absolute Gasteiger partial charge is 0.309 e. The van der Waals surface area contributed by atoms with Gasteiger partial charge >= 0.3 is 0 Å². The van der Waals surface area contributed by atoms with Gasteiger partial charge in [0.05, 0.1) is 102 Å². The summed E-state index contributed by atoms with van der Waals surface area (Å²) >= 11 is 0. The van der Waals surface area contributed by atoms with Gasteiger partial charge in [-0.25, -0.2) is 4.90 Å². The van der Waals surface area contributed by atoms with Crippen molar-refractivity contribution in [2.75, 3.05) is 4.90 Å². The van der Waals surface area contributed by atoms with Crippen molar-refractivity contribution < 1.29 is 9.59 Å². The Kier molecular flexibility index (Phi) is 12.5. The molecule has 10 heteroatoms. The zero-order chi connectivity index (χ0) is 60.4. The van der Waals surface area contributed by atoms with Gasteiger partial charge in [0.1, 0.15) is 6.07 Å². The number of rotatable bonds is 9. The quantitative estimate of drug-likeness (QED) is 0.130. The summed E-state index contributed by atoms with van der Waals surface area (Å²) < 4.78 is 4.14. The van der Waals surface area contributed by atoms with Crippen LogP contribution in [0.15, 0.2) is 255 Å². The third-order valence-electron chi connectivity index (χ3n) is 17.1. The minimum atomic E-state index is -0.535. The van der Waals surface area contributed by atoms with E-state index in [1.807, 2.05) is 217 Å². The number of carbonyl (C=O) groups excluding carboxylic acids is 2. The van der Waals surface area contributed by atoms with Crippen molar-refractivity contribution in [2.24, 2.45) is 0 Å². The molecule has 89 heavy (non-hydrogen) atoms. The molecule has 0 fully saturated rings. The number of benzene rings is 12. The van der Waals surface area contributed by atoms with Gasteiger partial charge in [-0.05, 0) is 128 Å². The average molecular weight is 1140 g/mol. The zero-order valence-electron chi connectivity index (χ0n) is 47.1. The summed E-state index contributed by atoms with van der Waals surface area (Å²) in [5.41, 5.74) is 15.0. The fourth-order valence-electron chi connectivity index (χ4n) is 13.1. The maximum Gasteiger partial charge on any atom is 0.266 e. The maximum absolute atomic E-state index is 15.9. The molecular formula is C79H42N8O2. The fraction of sp³-hybridized carbons (Fsp3) is 0. The van der Waals surface area contributed by atoms with Crippen LogP contribution in [0.25, 0.3) is 122 Å². The predicted molar refractivity (Wildman–Crippen MR) is 349 cm³/mol. The molecule has 0 atom stereocenters. The molecule has 10 nitrogen and oxygen atoms in total. The summed E-state index contributed by atoms with van der Waals surface area (Å²) in [4.78, 5) is 32.5. The van der Waals surface area contributed by atoms with E-state index in [0.717, 1.165) is 60.5 Å². The van der Waals surface area contributed by atoms with Crippen LogP contribution in [0.4, 0.5) is 5.69 Å². The molecule has 0 saturated carbocycles. The van der Waals surface area contributed by atoms with E-state index in [0.29, 0.717) is 89.2 Å². The third-order valence-corrected chi connectivity index (χ3v) is 17.1. The molecule has 0 saturated heterocycles. The van der Waals surface area contributed by atoms with Crippen molar-refractivity contribution in [1.82, 2.24) is 9.13 Å². The Balaban J connectivity index is 1.08. The Morgan fingerprint density at radius 1 is 0.247 bits per heavy atom. The third kappa shape index (κ3) is 8.36. The first-order valence-corrected chi connectivity index (χ1v) is 28.7. The lowest BCUT2D eigenvalue weighted by atomic mass is 9.93. The van der Waals surface area contributed by atoms with Crippen molar-refractivity contribution in [2.45, 2.75) is 0 Å². The Hall–Kier alpha value is -13.2. The molecule has 0 N–H and O–H groups in total. The van der Waals surface area contributed by atoms with Gasteiger partial charge in [0.2, 0.25) is 0 Å². The highest BCUT2D eigenvalue weighted by Crippen LogP contribution is 2.47. The number of anilines is 1. The van der Waals surface area contributed by atoms with Gasteiger partial charge in [-0.3, -0.25) is 9.59 Å². The first kappa shape index (κ1) is 52.6. The summed E-state index contributed by atoms with van der Waals surface area (Å²) in [5, 5.41) is 57.1. The second-order valence-electron chi connectivity index (χ2n) is 21.8. The van der Waals surface area contributed by atoms with Crippen LogP contribution in [0.5, 0.6) is 0 Å². The van der Waals surface area contributed by atoms with E-state index in [-0.39, 0.29) is 16.7 Å². The van der Waals surface area contributed by atoms with Crippen molar-refractivity contribution in [1.29, 1.82) is 26.3 Å². The lowest BCUT2D eigenvalue weighted by Gasteiger charge is -2.21. The Bertz CT molecular complexity index is 5410. The number of hydrogen-bond donors (Lipinski definition) is 0. The zero-order valence-corrected chi connectivity index (χ0v) is 47.1. The number of hydrogen-bond acceptors (Lipinski definition) is 7. The normalized spacial score (nSPS) is 11.8. The van der Waals surface area contributed by atoms with Crippen LogP contribution in [0.3, 0.4) is 0 Å². The second-order valence-corrected chi connectivity index (χ2v) is 21.8. The molecule has 0 spiro atoms.